The van der Waals surface area contributed by atoms with Crippen LogP contribution in [0.25, 0.3) is 0 Å². The van der Waals surface area contributed by atoms with E-state index < -0.39 is 10.0 Å². The maximum absolute atomic E-state index is 13.1. The highest BCUT2D eigenvalue weighted by molar-refractivity contribution is 7.89. The molecular formula is C25H42N4O6S. The van der Waals surface area contributed by atoms with Gasteiger partial charge in [0.05, 0.1) is 18.6 Å². The fourth-order valence-electron chi connectivity index (χ4n) is 4.35. The maximum atomic E-state index is 13.1. The fourth-order valence-corrected chi connectivity index (χ4v) is 5.91. The summed E-state index contributed by atoms with van der Waals surface area (Å²) in [5.74, 6) is 0.609. The SMILES string of the molecule is COc1cc(C)c(S(=O)(=O)N(C)CCOCC(=O)N(C)C2CCN(C(=O)CCN(C)C)CC2)c(C)c1. The van der Waals surface area contributed by atoms with Crippen LogP contribution >= 0.6 is 0 Å². The van der Waals surface area contributed by atoms with Crippen LogP contribution in [0.15, 0.2) is 17.0 Å². The molecule has 0 N–H and O–H groups in total. The summed E-state index contributed by atoms with van der Waals surface area (Å²) in [7, 11) is 4.98. The Morgan fingerprint density at radius 3 is 2.14 bits per heavy atom. The summed E-state index contributed by atoms with van der Waals surface area (Å²) in [5.41, 5.74) is 1.23. The average molecular weight is 527 g/mol. The molecule has 0 saturated carbocycles. The molecule has 1 saturated heterocycles. The summed E-state index contributed by atoms with van der Waals surface area (Å²) in [6.07, 6.45) is 1.97. The zero-order valence-corrected chi connectivity index (χ0v) is 23.6. The van der Waals surface area contributed by atoms with Gasteiger partial charge in [-0.1, -0.05) is 0 Å². The van der Waals surface area contributed by atoms with Crippen LogP contribution in [0.5, 0.6) is 5.75 Å². The van der Waals surface area contributed by atoms with E-state index in [0.29, 0.717) is 36.4 Å². The van der Waals surface area contributed by atoms with Crippen molar-refractivity contribution in [2.24, 2.45) is 0 Å². The molecule has 36 heavy (non-hydrogen) atoms. The van der Waals surface area contributed by atoms with Gasteiger partial charge in [-0.25, -0.2) is 8.42 Å². The van der Waals surface area contributed by atoms with E-state index in [-0.39, 0.29) is 42.5 Å². The Kier molecular flexibility index (Phi) is 11.1. The Morgan fingerprint density at radius 2 is 1.61 bits per heavy atom. The molecule has 0 aliphatic carbocycles. The van der Waals surface area contributed by atoms with E-state index in [1.165, 1.54) is 11.4 Å². The van der Waals surface area contributed by atoms with E-state index in [9.17, 15) is 18.0 Å². The van der Waals surface area contributed by atoms with Gasteiger partial charge in [0.15, 0.2) is 0 Å². The first-order chi connectivity index (χ1) is 16.9. The molecule has 0 unspecified atom stereocenters. The van der Waals surface area contributed by atoms with Crippen LogP contribution in [0.3, 0.4) is 0 Å². The molecule has 0 radical (unpaired) electrons. The number of carbonyl (C=O) groups is 2. The van der Waals surface area contributed by atoms with Crippen LogP contribution in [0, 0.1) is 13.8 Å². The minimum absolute atomic E-state index is 0.0584. The number of carbonyl (C=O) groups excluding carboxylic acids is 2. The van der Waals surface area contributed by atoms with Crippen molar-refractivity contribution in [1.29, 1.82) is 0 Å². The Morgan fingerprint density at radius 1 is 1.03 bits per heavy atom. The lowest BCUT2D eigenvalue weighted by Crippen LogP contribution is -2.48. The van der Waals surface area contributed by atoms with E-state index in [4.69, 9.17) is 9.47 Å². The predicted octanol–water partition coefficient (Wildman–Crippen LogP) is 1.35. The monoisotopic (exact) mass is 526 g/mol. The molecule has 2 rings (SSSR count). The Labute approximate surface area is 216 Å². The zero-order valence-electron chi connectivity index (χ0n) is 22.7. The first kappa shape index (κ1) is 30.0. The Hall–Kier alpha value is -2.21. The number of hydrogen-bond donors (Lipinski definition) is 0. The van der Waals surface area contributed by atoms with E-state index in [1.807, 2.05) is 23.9 Å². The number of nitrogens with zero attached hydrogens (tertiary/aromatic N) is 4. The highest BCUT2D eigenvalue weighted by Gasteiger charge is 2.28. The van der Waals surface area contributed by atoms with E-state index in [0.717, 1.165) is 19.4 Å². The lowest BCUT2D eigenvalue weighted by Gasteiger charge is -2.37. The molecule has 1 fully saturated rings. The van der Waals surface area contributed by atoms with Crippen LogP contribution in [-0.2, 0) is 24.3 Å². The van der Waals surface area contributed by atoms with Crippen molar-refractivity contribution < 1.29 is 27.5 Å². The summed E-state index contributed by atoms with van der Waals surface area (Å²) < 4.78 is 38.2. The molecule has 204 valence electrons. The second kappa shape index (κ2) is 13.4. The van der Waals surface area contributed by atoms with E-state index in [1.54, 1.807) is 45.0 Å². The van der Waals surface area contributed by atoms with Gasteiger partial charge in [-0.05, 0) is 64.0 Å². The summed E-state index contributed by atoms with van der Waals surface area (Å²) in [6, 6.07) is 3.45. The summed E-state index contributed by atoms with van der Waals surface area (Å²) >= 11 is 0. The third-order valence-corrected chi connectivity index (χ3v) is 8.81. The minimum atomic E-state index is -3.71. The number of amides is 2. The summed E-state index contributed by atoms with van der Waals surface area (Å²) in [6.45, 7) is 5.60. The standard InChI is InChI=1S/C25H42N4O6S/c1-19-16-22(34-7)17-20(2)25(19)36(32,33)27(5)14-15-35-18-24(31)28(6)21-8-12-29(13-9-21)23(30)10-11-26(3)4/h16-17,21H,8-15,18H2,1-7H3. The van der Waals surface area contributed by atoms with Crippen LogP contribution in [0.1, 0.15) is 30.4 Å². The smallest absolute Gasteiger partial charge is 0.248 e. The zero-order chi connectivity index (χ0) is 27.0. The van der Waals surface area contributed by atoms with Gasteiger partial charge in [0.1, 0.15) is 12.4 Å². The normalized spacial score (nSPS) is 15.0. The fraction of sp³-hybridized carbons (Fsp3) is 0.680. The molecule has 10 nitrogen and oxygen atoms in total. The average Bonchev–Trinajstić information content (AvgIpc) is 2.83. The molecule has 0 atom stereocenters. The molecule has 0 bridgehead atoms. The predicted molar refractivity (Wildman–Crippen MR) is 139 cm³/mol. The molecule has 0 aromatic heterocycles. The van der Waals surface area contributed by atoms with Crippen molar-refractivity contribution in [3.05, 3.63) is 23.3 Å². The minimum Gasteiger partial charge on any atom is -0.497 e. The largest absolute Gasteiger partial charge is 0.497 e. The van der Waals surface area contributed by atoms with Crippen molar-refractivity contribution in [3.8, 4) is 5.75 Å². The topological polar surface area (TPSA) is 99.7 Å². The number of likely N-dealkylation sites (tertiary alicyclic amines) is 1. The highest BCUT2D eigenvalue weighted by atomic mass is 32.2. The number of ether oxygens (including phenoxy) is 2. The van der Waals surface area contributed by atoms with Crippen LogP contribution < -0.4 is 4.74 Å². The molecule has 1 aliphatic rings. The number of benzene rings is 1. The van der Waals surface area contributed by atoms with Crippen LogP contribution in [0.4, 0.5) is 0 Å². The molecule has 1 aromatic rings. The van der Waals surface area contributed by atoms with Crippen molar-refractivity contribution in [2.75, 3.05) is 74.7 Å². The molecule has 11 heteroatoms. The van der Waals surface area contributed by atoms with Crippen LogP contribution in [0.2, 0.25) is 0 Å². The van der Waals surface area contributed by atoms with Crippen molar-refractivity contribution in [3.63, 3.8) is 0 Å². The second-order valence-electron chi connectivity index (χ2n) is 9.64. The van der Waals surface area contributed by atoms with Gasteiger partial charge in [-0.3, -0.25) is 9.59 Å². The number of likely N-dealkylation sites (N-methyl/N-ethyl adjacent to an activating group) is 2. The van der Waals surface area contributed by atoms with Gasteiger partial charge in [0, 0.05) is 52.7 Å². The number of sulfonamides is 1. The van der Waals surface area contributed by atoms with Crippen molar-refractivity contribution in [1.82, 2.24) is 19.0 Å². The van der Waals surface area contributed by atoms with Gasteiger partial charge in [-0.15, -0.1) is 0 Å². The number of piperidine rings is 1. The van der Waals surface area contributed by atoms with E-state index >= 15 is 0 Å². The van der Waals surface area contributed by atoms with Gasteiger partial charge in [-0.2, -0.15) is 4.31 Å². The summed E-state index contributed by atoms with van der Waals surface area (Å²) in [5, 5.41) is 0. The second-order valence-corrected chi connectivity index (χ2v) is 11.6. The van der Waals surface area contributed by atoms with Crippen molar-refractivity contribution in [2.45, 2.75) is 44.0 Å². The maximum Gasteiger partial charge on any atom is 0.248 e. The third-order valence-electron chi connectivity index (χ3n) is 6.65. The number of methoxy groups -OCH3 is 1. The van der Waals surface area contributed by atoms with Gasteiger partial charge in [0.2, 0.25) is 21.8 Å². The Balaban J connectivity index is 1.79. The molecule has 1 aromatic carbocycles. The van der Waals surface area contributed by atoms with E-state index in [2.05, 4.69) is 0 Å². The Bertz CT molecular complexity index is 983. The third kappa shape index (κ3) is 7.89. The van der Waals surface area contributed by atoms with Crippen molar-refractivity contribution >= 4 is 21.8 Å². The summed E-state index contributed by atoms with van der Waals surface area (Å²) in [4.78, 5) is 30.7. The number of rotatable bonds is 12. The molecule has 1 heterocycles. The molecule has 0 spiro atoms. The lowest BCUT2D eigenvalue weighted by molar-refractivity contribution is -0.139. The number of hydrogen-bond acceptors (Lipinski definition) is 7. The number of aryl methyl sites for hydroxylation is 2. The van der Waals surface area contributed by atoms with Gasteiger partial charge >= 0.3 is 0 Å². The highest BCUT2D eigenvalue weighted by Crippen LogP contribution is 2.27. The lowest BCUT2D eigenvalue weighted by atomic mass is 10.0. The first-order valence-electron chi connectivity index (χ1n) is 12.3. The van der Waals surface area contributed by atoms with Crippen LogP contribution in [-0.4, -0.2) is 120 Å². The molecule has 2 amide bonds. The quantitative estimate of drug-likeness (QED) is 0.379. The van der Waals surface area contributed by atoms with Gasteiger partial charge in [0.25, 0.3) is 0 Å². The first-order valence-corrected chi connectivity index (χ1v) is 13.7. The molecular weight excluding hydrogens is 484 g/mol. The molecule has 1 aliphatic heterocycles. The van der Waals surface area contributed by atoms with Gasteiger partial charge < -0.3 is 24.2 Å².